The zero-order chi connectivity index (χ0) is 20.0. The molecule has 0 saturated heterocycles. The molecule has 0 aromatic heterocycles. The van der Waals surface area contributed by atoms with Gasteiger partial charge in [-0.3, -0.25) is 4.79 Å². The summed E-state index contributed by atoms with van der Waals surface area (Å²) in [6.07, 6.45) is -1.08. The van der Waals surface area contributed by atoms with Gasteiger partial charge in [0, 0.05) is 5.69 Å². The zero-order valence-corrected chi connectivity index (χ0v) is 17.6. The van der Waals surface area contributed by atoms with Crippen molar-refractivity contribution in [1.82, 2.24) is 10.6 Å². The van der Waals surface area contributed by atoms with Crippen LogP contribution in [-0.2, 0) is 0 Å². The number of methoxy groups -OCH3 is 1. The quantitative estimate of drug-likeness (QED) is 0.361. The highest BCUT2D eigenvalue weighted by molar-refractivity contribution is 7.80. The fraction of sp³-hybridized carbons (Fsp3) is 0.222. The Kier molecular flexibility index (Phi) is 7.56. The lowest BCUT2D eigenvalue weighted by atomic mass is 10.2. The van der Waals surface area contributed by atoms with Crippen LogP contribution in [0.4, 0.5) is 5.69 Å². The maximum absolute atomic E-state index is 12.6. The van der Waals surface area contributed by atoms with Crippen molar-refractivity contribution in [2.75, 3.05) is 12.4 Å². The molecule has 2 rings (SSSR count). The summed E-state index contributed by atoms with van der Waals surface area (Å²) < 4.78 is 3.34. The number of para-hydroxylation sites is 2. The molecule has 0 spiro atoms. The first kappa shape index (κ1) is 21.6. The monoisotopic (exact) mass is 445 g/mol. The third-order valence-corrected chi connectivity index (χ3v) is 4.50. The van der Waals surface area contributed by atoms with E-state index in [9.17, 15) is 4.79 Å². The van der Waals surface area contributed by atoms with E-state index in [4.69, 9.17) is 51.8 Å². The summed E-state index contributed by atoms with van der Waals surface area (Å²) in [6, 6.07) is 14.3. The van der Waals surface area contributed by atoms with Crippen LogP contribution in [0.25, 0.3) is 0 Å². The van der Waals surface area contributed by atoms with Gasteiger partial charge in [0.2, 0.25) is 3.79 Å². The first-order valence-electron chi connectivity index (χ1n) is 7.86. The third-order valence-electron chi connectivity index (χ3n) is 3.62. The molecule has 0 unspecified atom stereocenters. The molecule has 0 radical (unpaired) electrons. The fourth-order valence-electron chi connectivity index (χ4n) is 2.24. The second kappa shape index (κ2) is 9.46. The van der Waals surface area contributed by atoms with Crippen LogP contribution < -0.4 is 20.7 Å². The van der Waals surface area contributed by atoms with Crippen molar-refractivity contribution in [3.63, 3.8) is 0 Å². The number of carbonyl (C=O) groups is 1. The molecule has 0 aliphatic carbocycles. The van der Waals surface area contributed by atoms with Crippen molar-refractivity contribution < 1.29 is 9.53 Å². The number of rotatable bonds is 5. The highest BCUT2D eigenvalue weighted by Gasteiger charge is 2.35. The minimum absolute atomic E-state index is 0.195. The summed E-state index contributed by atoms with van der Waals surface area (Å²) >= 11 is 23.3. The maximum atomic E-state index is 12.6. The molecular weight excluding hydrogens is 429 g/mol. The van der Waals surface area contributed by atoms with Crippen LogP contribution >= 0.6 is 47.0 Å². The molecule has 0 aliphatic heterocycles. The lowest BCUT2D eigenvalue weighted by Gasteiger charge is -2.28. The number of benzene rings is 2. The Labute approximate surface area is 178 Å². The summed E-state index contributed by atoms with van der Waals surface area (Å²) in [6.45, 7) is 1.93. The number of anilines is 1. The van der Waals surface area contributed by atoms with Gasteiger partial charge in [-0.2, -0.15) is 0 Å². The minimum atomic E-state index is -1.85. The smallest absolute Gasteiger partial charge is 0.256 e. The number of alkyl halides is 3. The highest BCUT2D eigenvalue weighted by atomic mass is 35.6. The van der Waals surface area contributed by atoms with Crippen LogP contribution in [0.2, 0.25) is 0 Å². The molecule has 0 bridgehead atoms. The van der Waals surface area contributed by atoms with Crippen molar-refractivity contribution >= 4 is 63.7 Å². The van der Waals surface area contributed by atoms with Gasteiger partial charge in [-0.15, -0.1) is 0 Å². The van der Waals surface area contributed by atoms with E-state index in [-0.39, 0.29) is 5.11 Å². The molecule has 1 amide bonds. The molecule has 3 N–H and O–H groups in total. The molecule has 0 fully saturated rings. The van der Waals surface area contributed by atoms with Gasteiger partial charge in [-0.25, -0.2) is 0 Å². The number of nitrogens with one attached hydrogen (secondary N) is 3. The molecule has 2 aromatic rings. The fourth-order valence-corrected chi connectivity index (χ4v) is 2.80. The summed E-state index contributed by atoms with van der Waals surface area (Å²) in [5.41, 5.74) is 2.10. The van der Waals surface area contributed by atoms with Crippen molar-refractivity contribution in [3.05, 3.63) is 59.7 Å². The first-order valence-corrected chi connectivity index (χ1v) is 9.40. The van der Waals surface area contributed by atoms with Gasteiger partial charge in [0.1, 0.15) is 11.9 Å². The average Bonchev–Trinajstić information content (AvgIpc) is 2.62. The highest BCUT2D eigenvalue weighted by Crippen LogP contribution is 2.30. The molecule has 1 atom stereocenters. The third kappa shape index (κ3) is 6.14. The van der Waals surface area contributed by atoms with Crippen molar-refractivity contribution in [2.24, 2.45) is 0 Å². The van der Waals surface area contributed by atoms with Gasteiger partial charge in [0.05, 0.1) is 12.7 Å². The standard InChI is InChI=1S/C18H18Cl3N3O2S/c1-11-7-3-5-9-13(11)22-17(27)24-16(18(19,20)21)23-15(25)12-8-4-6-10-14(12)26-2/h3-10,16H,1-2H3,(H,23,25)(H2,22,24,27)/t16-/m1/s1. The van der Waals surface area contributed by atoms with Gasteiger partial charge in [0.15, 0.2) is 5.11 Å². The van der Waals surface area contributed by atoms with Gasteiger partial charge in [-0.05, 0) is 42.9 Å². The lowest BCUT2D eigenvalue weighted by Crippen LogP contribution is -2.56. The molecule has 5 nitrogen and oxygen atoms in total. The lowest BCUT2D eigenvalue weighted by molar-refractivity contribution is 0.0931. The molecule has 0 aliphatic rings. The summed E-state index contributed by atoms with van der Waals surface area (Å²) in [7, 11) is 1.47. The number of hydrogen-bond acceptors (Lipinski definition) is 3. The van der Waals surface area contributed by atoms with Gasteiger partial charge in [-0.1, -0.05) is 65.1 Å². The maximum Gasteiger partial charge on any atom is 0.256 e. The number of thiocarbonyl (C=S) groups is 1. The van der Waals surface area contributed by atoms with E-state index >= 15 is 0 Å². The molecule has 0 saturated carbocycles. The van der Waals surface area contributed by atoms with Crippen LogP contribution in [0.1, 0.15) is 15.9 Å². The van der Waals surface area contributed by atoms with Crippen molar-refractivity contribution in [1.29, 1.82) is 0 Å². The number of hydrogen-bond donors (Lipinski definition) is 3. The zero-order valence-electron chi connectivity index (χ0n) is 14.6. The first-order chi connectivity index (χ1) is 12.7. The normalized spacial score (nSPS) is 12.0. The molecule has 27 heavy (non-hydrogen) atoms. The van der Waals surface area contributed by atoms with Crippen LogP contribution in [0.5, 0.6) is 5.75 Å². The number of carbonyl (C=O) groups excluding carboxylic acids is 1. The SMILES string of the molecule is COc1ccccc1C(=O)N[C@H](NC(=S)Nc1ccccc1C)C(Cl)(Cl)Cl. The molecular formula is C18H18Cl3N3O2S. The number of amides is 1. The Morgan fingerprint density at radius 3 is 2.33 bits per heavy atom. The second-order valence-corrected chi connectivity index (χ2v) is 8.34. The van der Waals surface area contributed by atoms with E-state index in [1.807, 2.05) is 31.2 Å². The van der Waals surface area contributed by atoms with Crippen molar-refractivity contribution in [2.45, 2.75) is 16.9 Å². The minimum Gasteiger partial charge on any atom is -0.496 e. The Balaban J connectivity index is 2.12. The van der Waals surface area contributed by atoms with E-state index in [1.54, 1.807) is 24.3 Å². The van der Waals surface area contributed by atoms with E-state index in [1.165, 1.54) is 7.11 Å². The van der Waals surface area contributed by atoms with Crippen LogP contribution in [0.3, 0.4) is 0 Å². The van der Waals surface area contributed by atoms with Crippen LogP contribution in [0.15, 0.2) is 48.5 Å². The Hall–Kier alpha value is -1.73. The van der Waals surface area contributed by atoms with Gasteiger partial charge >= 0.3 is 0 Å². The van der Waals surface area contributed by atoms with E-state index in [0.29, 0.717) is 11.3 Å². The molecule has 0 heterocycles. The molecule has 9 heteroatoms. The Bertz CT molecular complexity index is 827. The van der Waals surface area contributed by atoms with Gasteiger partial charge in [0.25, 0.3) is 5.91 Å². The summed E-state index contributed by atoms with van der Waals surface area (Å²) in [5.74, 6) is -0.0753. The van der Waals surface area contributed by atoms with Gasteiger partial charge < -0.3 is 20.7 Å². The largest absolute Gasteiger partial charge is 0.496 e. The number of aryl methyl sites for hydroxylation is 1. The topological polar surface area (TPSA) is 62.4 Å². The summed E-state index contributed by atoms with van der Waals surface area (Å²) in [4.78, 5) is 12.6. The number of halogens is 3. The van der Waals surface area contributed by atoms with Crippen molar-refractivity contribution in [3.8, 4) is 5.75 Å². The second-order valence-electron chi connectivity index (χ2n) is 5.56. The average molecular weight is 447 g/mol. The van der Waals surface area contributed by atoms with E-state index in [2.05, 4.69) is 16.0 Å². The van der Waals surface area contributed by atoms with E-state index in [0.717, 1.165) is 11.3 Å². The Morgan fingerprint density at radius 2 is 1.70 bits per heavy atom. The Morgan fingerprint density at radius 1 is 1.07 bits per heavy atom. The van der Waals surface area contributed by atoms with E-state index < -0.39 is 15.9 Å². The van der Waals surface area contributed by atoms with Crippen LogP contribution in [-0.4, -0.2) is 28.1 Å². The molecule has 144 valence electrons. The molecule has 2 aromatic carbocycles. The predicted molar refractivity (Wildman–Crippen MR) is 115 cm³/mol. The van der Waals surface area contributed by atoms with Crippen LogP contribution in [0, 0.1) is 6.92 Å². The summed E-state index contributed by atoms with van der Waals surface area (Å²) in [5, 5.41) is 8.66. The predicted octanol–water partition coefficient (Wildman–Crippen LogP) is 4.42. The number of ether oxygens (including phenoxy) is 1.